The third kappa shape index (κ3) is 3.97. The number of benzene rings is 1. The molecular formula is C17H26N2O2. The van der Waals surface area contributed by atoms with E-state index in [1.54, 1.807) is 6.07 Å². The van der Waals surface area contributed by atoms with E-state index in [9.17, 15) is 9.90 Å². The third-order valence-electron chi connectivity index (χ3n) is 4.08. The summed E-state index contributed by atoms with van der Waals surface area (Å²) < 4.78 is 0. The fraction of sp³-hybridized carbons (Fsp3) is 0.588. The second kappa shape index (κ2) is 6.94. The minimum atomic E-state index is 0.0680. The summed E-state index contributed by atoms with van der Waals surface area (Å²) in [5, 5.41) is 12.9. The van der Waals surface area contributed by atoms with Crippen molar-refractivity contribution in [3.05, 3.63) is 29.3 Å². The minimum absolute atomic E-state index is 0.0680. The quantitative estimate of drug-likeness (QED) is 0.876. The van der Waals surface area contributed by atoms with Crippen LogP contribution < -0.4 is 5.32 Å². The number of carbonyl (C=O) groups is 1. The van der Waals surface area contributed by atoms with Crippen LogP contribution in [0.5, 0.6) is 5.75 Å². The lowest BCUT2D eigenvalue weighted by Crippen LogP contribution is -2.39. The summed E-state index contributed by atoms with van der Waals surface area (Å²) in [6.07, 6.45) is 3.00. The predicted molar refractivity (Wildman–Crippen MR) is 84.3 cm³/mol. The van der Waals surface area contributed by atoms with E-state index in [1.165, 1.54) is 5.56 Å². The Kier molecular flexibility index (Phi) is 5.23. The molecule has 21 heavy (non-hydrogen) atoms. The molecule has 0 saturated carbocycles. The standard InChI is InChI=1S/C17H26N2O2/c1-12(2)10-18-17(21)11-19(3)15-8-4-7-14-13(15)6-5-9-16(14)20/h5-6,9,12,15,20H,4,7-8,10-11H2,1-3H3,(H,18,21). The number of likely N-dealkylation sites (N-methyl/N-ethyl adjacent to an activating group) is 1. The zero-order valence-electron chi connectivity index (χ0n) is 13.2. The molecule has 0 aromatic heterocycles. The van der Waals surface area contributed by atoms with Crippen LogP contribution in [0, 0.1) is 5.92 Å². The summed E-state index contributed by atoms with van der Waals surface area (Å²) in [5.74, 6) is 0.917. The van der Waals surface area contributed by atoms with E-state index in [0.717, 1.165) is 24.8 Å². The molecule has 2 rings (SSSR count). The number of amides is 1. The first-order valence-electron chi connectivity index (χ1n) is 7.76. The summed E-state index contributed by atoms with van der Waals surface area (Å²) in [5.41, 5.74) is 2.21. The molecule has 0 aliphatic heterocycles. The summed E-state index contributed by atoms with van der Waals surface area (Å²) in [6.45, 7) is 5.29. The summed E-state index contributed by atoms with van der Waals surface area (Å²) in [4.78, 5) is 14.1. The largest absolute Gasteiger partial charge is 0.508 e. The molecule has 4 heteroatoms. The molecule has 1 aliphatic carbocycles. The number of phenols is 1. The number of hydrogen-bond donors (Lipinski definition) is 2. The highest BCUT2D eigenvalue weighted by Gasteiger charge is 2.26. The highest BCUT2D eigenvalue weighted by Crippen LogP contribution is 2.37. The van der Waals surface area contributed by atoms with E-state index < -0.39 is 0 Å². The van der Waals surface area contributed by atoms with Crippen LogP contribution in [0.3, 0.4) is 0 Å². The van der Waals surface area contributed by atoms with Gasteiger partial charge in [0.05, 0.1) is 6.54 Å². The van der Waals surface area contributed by atoms with Gasteiger partial charge in [-0.2, -0.15) is 0 Å². The SMILES string of the molecule is CC(C)CNC(=O)CN(C)C1CCCc2c(O)cccc21. The monoisotopic (exact) mass is 290 g/mol. The van der Waals surface area contributed by atoms with Gasteiger partial charge in [-0.3, -0.25) is 9.69 Å². The van der Waals surface area contributed by atoms with Gasteiger partial charge in [-0.1, -0.05) is 26.0 Å². The Hall–Kier alpha value is -1.55. The van der Waals surface area contributed by atoms with Crippen LogP contribution in [-0.4, -0.2) is 36.1 Å². The van der Waals surface area contributed by atoms with Crippen molar-refractivity contribution < 1.29 is 9.90 Å². The van der Waals surface area contributed by atoms with Crippen molar-refractivity contribution >= 4 is 5.91 Å². The first kappa shape index (κ1) is 15.8. The van der Waals surface area contributed by atoms with Gasteiger partial charge in [0, 0.05) is 12.6 Å². The van der Waals surface area contributed by atoms with E-state index >= 15 is 0 Å². The van der Waals surface area contributed by atoms with Gasteiger partial charge in [-0.15, -0.1) is 0 Å². The van der Waals surface area contributed by atoms with Gasteiger partial charge in [0.2, 0.25) is 5.91 Å². The molecule has 1 atom stereocenters. The molecule has 0 fully saturated rings. The molecule has 2 N–H and O–H groups in total. The lowest BCUT2D eigenvalue weighted by Gasteiger charge is -2.33. The van der Waals surface area contributed by atoms with Crippen LogP contribution in [0.25, 0.3) is 0 Å². The normalized spacial score (nSPS) is 17.9. The summed E-state index contributed by atoms with van der Waals surface area (Å²) in [6, 6.07) is 5.92. The number of nitrogens with zero attached hydrogens (tertiary/aromatic N) is 1. The first-order chi connectivity index (χ1) is 9.99. The Morgan fingerprint density at radius 3 is 2.95 bits per heavy atom. The maximum Gasteiger partial charge on any atom is 0.234 e. The van der Waals surface area contributed by atoms with Crippen LogP contribution >= 0.6 is 0 Å². The Labute approximate surface area is 127 Å². The van der Waals surface area contributed by atoms with E-state index in [4.69, 9.17) is 0 Å². The molecule has 1 amide bonds. The maximum atomic E-state index is 12.0. The van der Waals surface area contributed by atoms with Crippen LogP contribution in [0.4, 0.5) is 0 Å². The van der Waals surface area contributed by atoms with Crippen LogP contribution in [-0.2, 0) is 11.2 Å². The lowest BCUT2D eigenvalue weighted by atomic mass is 9.86. The van der Waals surface area contributed by atoms with Gasteiger partial charge in [0.25, 0.3) is 0 Å². The molecule has 1 aromatic rings. The number of fused-ring (bicyclic) bond motifs is 1. The Bertz CT molecular complexity index is 500. The highest BCUT2D eigenvalue weighted by molar-refractivity contribution is 5.78. The molecule has 0 spiro atoms. The van der Waals surface area contributed by atoms with E-state index in [0.29, 0.717) is 24.8 Å². The number of aromatic hydroxyl groups is 1. The molecule has 1 aliphatic rings. The molecule has 4 nitrogen and oxygen atoms in total. The smallest absolute Gasteiger partial charge is 0.234 e. The molecule has 0 heterocycles. The van der Waals surface area contributed by atoms with Crippen molar-refractivity contribution in [2.45, 2.75) is 39.2 Å². The zero-order valence-corrected chi connectivity index (χ0v) is 13.2. The van der Waals surface area contributed by atoms with Crippen molar-refractivity contribution in [2.24, 2.45) is 5.92 Å². The average molecular weight is 290 g/mol. The molecule has 1 aromatic carbocycles. The summed E-state index contributed by atoms with van der Waals surface area (Å²) in [7, 11) is 1.98. The average Bonchev–Trinajstić information content (AvgIpc) is 2.45. The number of phenolic OH excluding ortho intramolecular Hbond substituents is 1. The highest BCUT2D eigenvalue weighted by atomic mass is 16.3. The number of nitrogens with one attached hydrogen (secondary N) is 1. The zero-order chi connectivity index (χ0) is 15.4. The van der Waals surface area contributed by atoms with Gasteiger partial charge in [0.15, 0.2) is 0 Å². The number of hydrogen-bond acceptors (Lipinski definition) is 3. The van der Waals surface area contributed by atoms with Crippen LogP contribution in [0.15, 0.2) is 18.2 Å². The summed E-state index contributed by atoms with van der Waals surface area (Å²) >= 11 is 0. The van der Waals surface area contributed by atoms with E-state index in [-0.39, 0.29) is 11.9 Å². The van der Waals surface area contributed by atoms with E-state index in [1.807, 2.05) is 13.1 Å². The van der Waals surface area contributed by atoms with Crippen LogP contribution in [0.2, 0.25) is 0 Å². The second-order valence-corrected chi connectivity index (χ2v) is 6.37. The molecule has 0 saturated heterocycles. The molecule has 0 radical (unpaired) electrons. The lowest BCUT2D eigenvalue weighted by molar-refractivity contribution is -0.122. The maximum absolute atomic E-state index is 12.0. The predicted octanol–water partition coefficient (Wildman–Crippen LogP) is 2.47. The van der Waals surface area contributed by atoms with Gasteiger partial charge in [0.1, 0.15) is 5.75 Å². The topological polar surface area (TPSA) is 52.6 Å². The number of rotatable bonds is 5. The van der Waals surface area contributed by atoms with Crippen molar-refractivity contribution in [1.29, 1.82) is 0 Å². The Morgan fingerprint density at radius 1 is 1.48 bits per heavy atom. The second-order valence-electron chi connectivity index (χ2n) is 6.37. The van der Waals surface area contributed by atoms with E-state index in [2.05, 4.69) is 30.1 Å². The minimum Gasteiger partial charge on any atom is -0.508 e. The molecule has 116 valence electrons. The molecular weight excluding hydrogens is 264 g/mol. The van der Waals surface area contributed by atoms with Gasteiger partial charge < -0.3 is 10.4 Å². The molecule has 0 bridgehead atoms. The van der Waals surface area contributed by atoms with Gasteiger partial charge in [-0.25, -0.2) is 0 Å². The first-order valence-corrected chi connectivity index (χ1v) is 7.76. The van der Waals surface area contributed by atoms with Crippen molar-refractivity contribution in [3.63, 3.8) is 0 Å². The molecule has 1 unspecified atom stereocenters. The number of carbonyl (C=O) groups excluding carboxylic acids is 1. The Balaban J connectivity index is 2.03. The van der Waals surface area contributed by atoms with Crippen molar-refractivity contribution in [3.8, 4) is 5.75 Å². The van der Waals surface area contributed by atoms with Crippen molar-refractivity contribution in [2.75, 3.05) is 20.1 Å². The van der Waals surface area contributed by atoms with Crippen molar-refractivity contribution in [1.82, 2.24) is 10.2 Å². The van der Waals surface area contributed by atoms with Gasteiger partial charge >= 0.3 is 0 Å². The Morgan fingerprint density at radius 2 is 2.24 bits per heavy atom. The fourth-order valence-electron chi connectivity index (χ4n) is 2.97. The van der Waals surface area contributed by atoms with Gasteiger partial charge in [-0.05, 0) is 49.4 Å². The third-order valence-corrected chi connectivity index (χ3v) is 4.08. The van der Waals surface area contributed by atoms with Crippen LogP contribution in [0.1, 0.15) is 43.9 Å². The fourth-order valence-corrected chi connectivity index (χ4v) is 2.97.